The van der Waals surface area contributed by atoms with Crippen LogP contribution in [0.5, 0.6) is 5.75 Å². The van der Waals surface area contributed by atoms with Gasteiger partial charge < -0.3 is 15.0 Å². The van der Waals surface area contributed by atoms with E-state index < -0.39 is 0 Å². The van der Waals surface area contributed by atoms with E-state index in [1.807, 2.05) is 56.5 Å². The van der Waals surface area contributed by atoms with E-state index in [1.165, 1.54) is 0 Å². The van der Waals surface area contributed by atoms with E-state index in [-0.39, 0.29) is 17.4 Å². The van der Waals surface area contributed by atoms with Crippen LogP contribution in [-0.2, 0) is 11.2 Å². The number of nitrogens with one attached hydrogen (secondary N) is 1. The van der Waals surface area contributed by atoms with Crippen molar-refractivity contribution in [1.29, 1.82) is 0 Å². The highest BCUT2D eigenvalue weighted by Crippen LogP contribution is 2.28. The Morgan fingerprint density at radius 1 is 1.15 bits per heavy atom. The number of unbranched alkanes of at least 4 members (excludes halogenated alkanes) is 1. The Morgan fingerprint density at radius 2 is 1.85 bits per heavy atom. The Labute approximate surface area is 257 Å². The van der Waals surface area contributed by atoms with Crippen LogP contribution in [0, 0.1) is 5.41 Å². The molecule has 7 heteroatoms. The van der Waals surface area contributed by atoms with Crippen LogP contribution >= 0.6 is 23.2 Å². The van der Waals surface area contributed by atoms with Gasteiger partial charge >= 0.3 is 0 Å². The molecule has 0 saturated carbocycles. The first-order valence-corrected chi connectivity index (χ1v) is 15.3. The fourth-order valence-corrected chi connectivity index (χ4v) is 4.83. The average molecular weight is 601 g/mol. The summed E-state index contributed by atoms with van der Waals surface area (Å²) in [5.74, 6) is 1.55. The van der Waals surface area contributed by atoms with Gasteiger partial charge in [0.15, 0.2) is 0 Å². The second kappa shape index (κ2) is 17.3. The monoisotopic (exact) mass is 599 g/mol. The number of likely N-dealkylation sites (N-methyl/N-ethyl adjacent to an activating group) is 1. The minimum absolute atomic E-state index is 0.0114. The smallest absolute Gasteiger partial charge is 0.220 e. The molecule has 2 aromatic carbocycles. The first-order chi connectivity index (χ1) is 19.4. The third-order valence-electron chi connectivity index (χ3n) is 6.65. The molecule has 224 valence electrons. The van der Waals surface area contributed by atoms with Crippen molar-refractivity contribution in [2.45, 2.75) is 79.2 Å². The summed E-state index contributed by atoms with van der Waals surface area (Å²) in [5.41, 5.74) is 2.47. The van der Waals surface area contributed by atoms with E-state index in [0.717, 1.165) is 49.4 Å². The van der Waals surface area contributed by atoms with Crippen LogP contribution < -0.4 is 10.1 Å². The van der Waals surface area contributed by atoms with Crippen LogP contribution in [0.3, 0.4) is 0 Å². The molecule has 0 fully saturated rings. The second-order valence-electron chi connectivity index (χ2n) is 11.6. The lowest BCUT2D eigenvalue weighted by molar-refractivity contribution is -0.121. The van der Waals surface area contributed by atoms with Crippen molar-refractivity contribution in [2.24, 2.45) is 10.4 Å². The molecular weight excluding hydrogens is 553 g/mol. The lowest BCUT2D eigenvalue weighted by Crippen LogP contribution is -2.49. The lowest BCUT2D eigenvalue weighted by atomic mass is 9.90. The van der Waals surface area contributed by atoms with Crippen molar-refractivity contribution in [3.8, 4) is 5.75 Å². The highest BCUT2D eigenvalue weighted by Gasteiger charge is 2.24. The molecule has 0 aliphatic rings. The van der Waals surface area contributed by atoms with E-state index in [1.54, 1.807) is 12.1 Å². The van der Waals surface area contributed by atoms with Gasteiger partial charge in [0.2, 0.25) is 5.91 Å². The van der Waals surface area contributed by atoms with Crippen LogP contribution in [0.15, 0.2) is 66.2 Å². The van der Waals surface area contributed by atoms with Gasteiger partial charge in [-0.2, -0.15) is 0 Å². The minimum atomic E-state index is -0.364. The van der Waals surface area contributed by atoms with Gasteiger partial charge in [-0.05, 0) is 73.9 Å². The van der Waals surface area contributed by atoms with Crippen molar-refractivity contribution < 1.29 is 9.53 Å². The molecule has 0 saturated heterocycles. The minimum Gasteiger partial charge on any atom is -0.490 e. The van der Waals surface area contributed by atoms with Crippen LogP contribution in [0.2, 0.25) is 10.0 Å². The summed E-state index contributed by atoms with van der Waals surface area (Å²) in [4.78, 5) is 20.4. The average Bonchev–Trinajstić information content (AvgIpc) is 2.90. The number of carbonyl (C=O) groups is 1. The molecule has 0 radical (unpaired) electrons. The fourth-order valence-electron chi connectivity index (χ4n) is 4.31. The fraction of sp³-hybridized carbons (Fsp3) is 0.471. The maximum absolute atomic E-state index is 13.2. The van der Waals surface area contributed by atoms with E-state index in [2.05, 4.69) is 44.5 Å². The predicted molar refractivity (Wildman–Crippen MR) is 176 cm³/mol. The van der Waals surface area contributed by atoms with E-state index in [9.17, 15) is 4.79 Å². The molecule has 0 bridgehead atoms. The van der Waals surface area contributed by atoms with Gasteiger partial charge in [0.05, 0.1) is 16.8 Å². The molecule has 0 aromatic heterocycles. The number of hydrogen-bond acceptors (Lipinski definition) is 3. The number of allylic oxidation sites excluding steroid dienone is 1. The molecule has 0 heterocycles. The third-order valence-corrected chi connectivity index (χ3v) is 7.20. The Morgan fingerprint density at radius 3 is 2.46 bits per heavy atom. The molecule has 5 nitrogen and oxygen atoms in total. The molecular formula is C34H47Cl2N3O2. The summed E-state index contributed by atoms with van der Waals surface area (Å²) >= 11 is 12.6. The zero-order valence-corrected chi connectivity index (χ0v) is 27.1. The van der Waals surface area contributed by atoms with Gasteiger partial charge in [-0.25, -0.2) is 4.99 Å². The molecule has 1 atom stereocenters. The molecule has 0 aliphatic heterocycles. The van der Waals surface area contributed by atoms with E-state index in [0.29, 0.717) is 40.8 Å². The Bertz CT molecular complexity index is 1180. The highest BCUT2D eigenvalue weighted by molar-refractivity contribution is 6.35. The van der Waals surface area contributed by atoms with Gasteiger partial charge in [0.1, 0.15) is 18.2 Å². The maximum atomic E-state index is 13.2. The number of amidine groups is 1. The number of hydrogen-bond donors (Lipinski definition) is 1. The molecule has 1 N–H and O–H groups in total. The van der Waals surface area contributed by atoms with E-state index in [4.69, 9.17) is 32.9 Å². The molecule has 1 amide bonds. The highest BCUT2D eigenvalue weighted by atomic mass is 35.5. The molecule has 41 heavy (non-hydrogen) atoms. The first kappa shape index (κ1) is 34.4. The van der Waals surface area contributed by atoms with E-state index >= 15 is 0 Å². The quantitative estimate of drug-likeness (QED) is 0.126. The number of carbonyl (C=O) groups excluding carboxylic acids is 1. The summed E-state index contributed by atoms with van der Waals surface area (Å²) in [6.45, 7) is 16.3. The van der Waals surface area contributed by atoms with Crippen molar-refractivity contribution in [1.82, 2.24) is 10.2 Å². The lowest BCUT2D eigenvalue weighted by Gasteiger charge is -2.29. The van der Waals surface area contributed by atoms with Gasteiger partial charge in [0, 0.05) is 30.6 Å². The Balaban J connectivity index is 2.42. The summed E-state index contributed by atoms with van der Waals surface area (Å²) in [5, 5.41) is 4.33. The van der Waals surface area contributed by atoms with Crippen LogP contribution in [-0.4, -0.2) is 42.9 Å². The molecule has 0 spiro atoms. The number of nitrogens with zero attached hydrogens (tertiary/aromatic N) is 2. The largest absolute Gasteiger partial charge is 0.490 e. The van der Waals surface area contributed by atoms with Gasteiger partial charge in [0.25, 0.3) is 0 Å². The molecule has 0 aliphatic carbocycles. The number of aliphatic imine (C=N–C) groups is 1. The maximum Gasteiger partial charge on any atom is 0.220 e. The summed E-state index contributed by atoms with van der Waals surface area (Å²) in [6.07, 6.45) is 8.79. The second-order valence-corrected chi connectivity index (χ2v) is 12.4. The SMILES string of the molecule is C=C(N=C(C(Cc1ccc(OC/C=C/C)cc1)NC(=O)CCCC(C)(C)C)N(C)CCCC)c1ccc(Cl)cc1Cl. The first-order valence-electron chi connectivity index (χ1n) is 14.5. The summed E-state index contributed by atoms with van der Waals surface area (Å²) < 4.78 is 5.77. The number of rotatable bonds is 15. The Kier molecular flexibility index (Phi) is 14.5. The third kappa shape index (κ3) is 12.7. The van der Waals surface area contributed by atoms with Crippen molar-refractivity contribution in [2.75, 3.05) is 20.2 Å². The van der Waals surface area contributed by atoms with Gasteiger partial charge in [-0.1, -0.05) is 88.2 Å². The standard InChI is InChI=1S/C34H47Cl2N3O2/c1-8-10-21-39(7)33(37-25(3)29-19-16-27(35)24-30(29)36)31(38-32(40)13-12-20-34(4,5)6)23-26-14-17-28(18-15-26)41-22-11-9-2/h9,11,14-19,24,31H,3,8,10,12-13,20-23H2,1-2,4-7H3,(H,38,40)/b11-9+,37-33?. The molecule has 2 rings (SSSR count). The molecule has 1 unspecified atom stereocenters. The summed E-state index contributed by atoms with van der Waals surface area (Å²) in [6, 6.07) is 12.9. The predicted octanol–water partition coefficient (Wildman–Crippen LogP) is 8.99. The van der Waals surface area contributed by atoms with Crippen molar-refractivity contribution in [3.63, 3.8) is 0 Å². The van der Waals surface area contributed by atoms with Crippen molar-refractivity contribution in [3.05, 3.63) is 82.4 Å². The number of benzene rings is 2. The van der Waals surface area contributed by atoms with Crippen LogP contribution in [0.4, 0.5) is 0 Å². The number of amides is 1. The Hall–Kier alpha value is -2.76. The number of halogens is 2. The van der Waals surface area contributed by atoms with Crippen LogP contribution in [0.25, 0.3) is 5.70 Å². The zero-order valence-electron chi connectivity index (χ0n) is 25.6. The van der Waals surface area contributed by atoms with Gasteiger partial charge in [-0.15, -0.1) is 0 Å². The summed E-state index contributed by atoms with van der Waals surface area (Å²) in [7, 11) is 2.02. The number of ether oxygens (including phenoxy) is 1. The van der Waals surface area contributed by atoms with Crippen molar-refractivity contribution >= 4 is 40.6 Å². The van der Waals surface area contributed by atoms with Gasteiger partial charge in [-0.3, -0.25) is 4.79 Å². The van der Waals surface area contributed by atoms with Crippen LogP contribution in [0.1, 0.15) is 77.8 Å². The zero-order chi connectivity index (χ0) is 30.4. The topological polar surface area (TPSA) is 53.9 Å². The molecule has 2 aromatic rings. The normalized spacial score (nSPS) is 12.8.